The van der Waals surface area contributed by atoms with Crippen LogP contribution in [0.2, 0.25) is 10.0 Å². The molecule has 0 radical (unpaired) electrons. The molecule has 0 aliphatic heterocycles. The fourth-order valence-electron chi connectivity index (χ4n) is 2.49. The summed E-state index contributed by atoms with van der Waals surface area (Å²) in [6.45, 7) is 5.13. The van der Waals surface area contributed by atoms with Crippen molar-refractivity contribution in [2.24, 2.45) is 0 Å². The van der Waals surface area contributed by atoms with Crippen molar-refractivity contribution in [3.8, 4) is 5.75 Å². The number of nitro benzene ring substituents is 1. The van der Waals surface area contributed by atoms with Crippen molar-refractivity contribution in [1.82, 2.24) is 0 Å². The maximum atomic E-state index is 12.9. The molecule has 1 unspecified atom stereocenters. The zero-order chi connectivity index (χ0) is 21.6. The minimum Gasteiger partial charge on any atom is -0.480 e. The standard InChI is InChI=1S/C20H17Cl2NO6/c1-3-28-20(25)12(2)19(24)18(29-17-9-8-14(21)11-15(17)22)10-13-6-4-5-7-16(13)23(26)27/h4-9,11,18H,2-3,10H2,1H3. The van der Waals surface area contributed by atoms with Crippen molar-refractivity contribution in [3.63, 3.8) is 0 Å². The average Bonchev–Trinajstić information content (AvgIpc) is 2.68. The van der Waals surface area contributed by atoms with Crippen LogP contribution in [-0.4, -0.2) is 29.4 Å². The molecule has 152 valence electrons. The molecule has 2 aromatic carbocycles. The Hall–Kier alpha value is -2.90. The number of rotatable bonds is 9. The first kappa shape index (κ1) is 22.4. The lowest BCUT2D eigenvalue weighted by molar-refractivity contribution is -0.385. The van der Waals surface area contributed by atoms with Crippen molar-refractivity contribution in [2.45, 2.75) is 19.4 Å². The SMILES string of the molecule is C=C(C(=O)OCC)C(=O)C(Cc1ccccc1[N+](=O)[O-])Oc1ccc(Cl)cc1Cl. The number of para-hydroxylation sites is 1. The van der Waals surface area contributed by atoms with E-state index in [1.54, 1.807) is 13.0 Å². The number of ether oxygens (including phenoxy) is 2. The number of nitrogens with zero attached hydrogens (tertiary/aromatic N) is 1. The van der Waals surface area contributed by atoms with Gasteiger partial charge in [0.2, 0.25) is 5.78 Å². The number of hydrogen-bond donors (Lipinski definition) is 0. The molecule has 0 saturated carbocycles. The molecule has 2 aromatic rings. The summed E-state index contributed by atoms with van der Waals surface area (Å²) in [6.07, 6.45) is -1.49. The van der Waals surface area contributed by atoms with E-state index in [2.05, 4.69) is 6.58 Å². The minimum atomic E-state index is -1.30. The molecule has 7 nitrogen and oxygen atoms in total. The third-order valence-corrected chi connectivity index (χ3v) is 4.40. The fourth-order valence-corrected chi connectivity index (χ4v) is 2.94. The molecule has 1 atom stereocenters. The zero-order valence-electron chi connectivity index (χ0n) is 15.4. The summed E-state index contributed by atoms with van der Waals surface area (Å²) in [5.41, 5.74) is -0.365. The average molecular weight is 438 g/mol. The lowest BCUT2D eigenvalue weighted by Gasteiger charge is -2.19. The Labute approximate surface area is 177 Å². The summed E-state index contributed by atoms with van der Waals surface area (Å²) >= 11 is 12.0. The Balaban J connectivity index is 2.40. The highest BCUT2D eigenvalue weighted by atomic mass is 35.5. The first-order valence-corrected chi connectivity index (χ1v) is 9.24. The Morgan fingerprint density at radius 1 is 1.21 bits per heavy atom. The first-order valence-electron chi connectivity index (χ1n) is 8.48. The van der Waals surface area contributed by atoms with Gasteiger partial charge >= 0.3 is 5.97 Å². The number of esters is 1. The van der Waals surface area contributed by atoms with Gasteiger partial charge in [-0.3, -0.25) is 14.9 Å². The van der Waals surface area contributed by atoms with Crippen LogP contribution in [0, 0.1) is 10.1 Å². The number of carbonyl (C=O) groups is 2. The first-order chi connectivity index (χ1) is 13.7. The number of ketones is 1. The van der Waals surface area contributed by atoms with Gasteiger partial charge in [0.25, 0.3) is 5.69 Å². The van der Waals surface area contributed by atoms with Crippen LogP contribution in [0.4, 0.5) is 5.69 Å². The highest BCUT2D eigenvalue weighted by Crippen LogP contribution is 2.30. The lowest BCUT2D eigenvalue weighted by atomic mass is 9.99. The van der Waals surface area contributed by atoms with Crippen LogP contribution in [0.1, 0.15) is 12.5 Å². The van der Waals surface area contributed by atoms with Crippen molar-refractivity contribution >= 4 is 40.6 Å². The van der Waals surface area contributed by atoms with Crippen LogP contribution in [0.3, 0.4) is 0 Å². The molecule has 0 N–H and O–H groups in total. The lowest BCUT2D eigenvalue weighted by Crippen LogP contribution is -2.33. The van der Waals surface area contributed by atoms with Crippen molar-refractivity contribution in [1.29, 1.82) is 0 Å². The van der Waals surface area contributed by atoms with Crippen molar-refractivity contribution in [3.05, 3.63) is 80.3 Å². The van der Waals surface area contributed by atoms with E-state index in [-0.39, 0.29) is 35.1 Å². The molecular formula is C20H17Cl2NO6. The van der Waals surface area contributed by atoms with Gasteiger partial charge in [0.1, 0.15) is 5.75 Å². The monoisotopic (exact) mass is 437 g/mol. The number of Topliss-reactive ketones (excluding diaryl/α,β-unsaturated/α-hetero) is 1. The van der Waals surface area contributed by atoms with Gasteiger partial charge in [-0.1, -0.05) is 48.0 Å². The van der Waals surface area contributed by atoms with Gasteiger partial charge in [-0.2, -0.15) is 0 Å². The van der Waals surface area contributed by atoms with Crippen molar-refractivity contribution < 1.29 is 24.0 Å². The Morgan fingerprint density at radius 2 is 1.90 bits per heavy atom. The smallest absolute Gasteiger partial charge is 0.341 e. The van der Waals surface area contributed by atoms with Gasteiger partial charge in [-0.15, -0.1) is 0 Å². The maximum absolute atomic E-state index is 12.9. The second kappa shape index (κ2) is 10.0. The van der Waals surface area contributed by atoms with Crippen LogP contribution in [0.25, 0.3) is 0 Å². The second-order valence-corrected chi connectivity index (χ2v) is 6.68. The fraction of sp³-hybridized carbons (Fsp3) is 0.200. The molecule has 0 saturated heterocycles. The highest BCUT2D eigenvalue weighted by molar-refractivity contribution is 6.35. The quantitative estimate of drug-likeness (QED) is 0.142. The van der Waals surface area contributed by atoms with E-state index < -0.39 is 28.4 Å². The topological polar surface area (TPSA) is 95.7 Å². The molecule has 0 heterocycles. The molecule has 9 heteroatoms. The van der Waals surface area contributed by atoms with Crippen LogP contribution in [0.15, 0.2) is 54.6 Å². The number of benzene rings is 2. The molecule has 0 bridgehead atoms. The minimum absolute atomic E-state index is 0.0594. The predicted molar refractivity (Wildman–Crippen MR) is 108 cm³/mol. The van der Waals surface area contributed by atoms with Crippen LogP contribution < -0.4 is 4.74 Å². The third-order valence-electron chi connectivity index (χ3n) is 3.87. The summed E-state index contributed by atoms with van der Waals surface area (Å²) in [4.78, 5) is 35.5. The van der Waals surface area contributed by atoms with Gasteiger partial charge in [0.05, 0.1) is 22.1 Å². The van der Waals surface area contributed by atoms with E-state index in [9.17, 15) is 19.7 Å². The Bertz CT molecular complexity index is 960. The largest absolute Gasteiger partial charge is 0.480 e. The Morgan fingerprint density at radius 3 is 2.52 bits per heavy atom. The third kappa shape index (κ3) is 5.79. The summed E-state index contributed by atoms with van der Waals surface area (Å²) in [5.74, 6) is -1.53. The molecule has 0 spiro atoms. The van der Waals surface area contributed by atoms with Gasteiger partial charge < -0.3 is 9.47 Å². The van der Waals surface area contributed by atoms with E-state index in [1.807, 2.05) is 0 Å². The summed E-state index contributed by atoms with van der Waals surface area (Å²) in [7, 11) is 0. The van der Waals surface area contributed by atoms with Crippen LogP contribution >= 0.6 is 23.2 Å². The number of hydrogen-bond acceptors (Lipinski definition) is 6. The normalized spacial score (nSPS) is 11.4. The summed E-state index contributed by atoms with van der Waals surface area (Å²) in [6, 6.07) is 10.3. The van der Waals surface area contributed by atoms with Crippen LogP contribution in [0.5, 0.6) is 5.75 Å². The molecular weight excluding hydrogens is 421 g/mol. The van der Waals surface area contributed by atoms with E-state index in [4.69, 9.17) is 32.7 Å². The number of nitro groups is 1. The van der Waals surface area contributed by atoms with E-state index >= 15 is 0 Å². The van der Waals surface area contributed by atoms with Gasteiger partial charge in [-0.05, 0) is 25.1 Å². The number of halogens is 2. The van der Waals surface area contributed by atoms with Gasteiger partial charge in [-0.25, -0.2) is 4.79 Å². The van der Waals surface area contributed by atoms with E-state index in [0.717, 1.165) is 0 Å². The van der Waals surface area contributed by atoms with Crippen molar-refractivity contribution in [2.75, 3.05) is 6.61 Å². The predicted octanol–water partition coefficient (Wildman–Crippen LogP) is 4.58. The highest BCUT2D eigenvalue weighted by Gasteiger charge is 2.30. The van der Waals surface area contributed by atoms with Gasteiger partial charge in [0.15, 0.2) is 6.10 Å². The molecule has 0 fully saturated rings. The number of carbonyl (C=O) groups excluding carboxylic acids is 2. The second-order valence-electron chi connectivity index (χ2n) is 5.83. The Kier molecular flexibility index (Phi) is 7.75. The van der Waals surface area contributed by atoms with E-state index in [1.165, 1.54) is 36.4 Å². The maximum Gasteiger partial charge on any atom is 0.341 e. The van der Waals surface area contributed by atoms with Gasteiger partial charge in [0, 0.05) is 23.1 Å². The molecule has 0 aliphatic rings. The molecule has 0 amide bonds. The molecule has 0 aliphatic carbocycles. The van der Waals surface area contributed by atoms with E-state index in [0.29, 0.717) is 5.02 Å². The summed E-state index contributed by atoms with van der Waals surface area (Å²) in [5, 5.41) is 11.8. The van der Waals surface area contributed by atoms with Crippen LogP contribution in [-0.2, 0) is 20.7 Å². The zero-order valence-corrected chi connectivity index (χ0v) is 16.9. The summed E-state index contributed by atoms with van der Waals surface area (Å²) < 4.78 is 10.5. The molecule has 2 rings (SSSR count). The molecule has 29 heavy (non-hydrogen) atoms. The molecule has 0 aromatic heterocycles.